The highest BCUT2D eigenvalue weighted by atomic mass is 35.5. The summed E-state index contributed by atoms with van der Waals surface area (Å²) in [5, 5.41) is 15.8. The number of carbonyl (C=O) groups is 1. The molecule has 0 radical (unpaired) electrons. The van der Waals surface area contributed by atoms with Crippen LogP contribution in [-0.4, -0.2) is 56.7 Å². The molecule has 0 atom stereocenters. The van der Waals surface area contributed by atoms with Crippen molar-refractivity contribution in [1.29, 1.82) is 0 Å². The van der Waals surface area contributed by atoms with Gasteiger partial charge in [0.05, 0.1) is 17.7 Å². The Morgan fingerprint density at radius 1 is 1.22 bits per heavy atom. The van der Waals surface area contributed by atoms with E-state index in [9.17, 15) is 4.79 Å². The lowest BCUT2D eigenvalue weighted by atomic mass is 10.1. The van der Waals surface area contributed by atoms with E-state index < -0.39 is 0 Å². The lowest BCUT2D eigenvalue weighted by molar-refractivity contribution is 0.0942. The summed E-state index contributed by atoms with van der Waals surface area (Å²) in [6, 6.07) is 9.40. The van der Waals surface area contributed by atoms with Crippen LogP contribution < -0.4 is 5.32 Å². The molecule has 1 aliphatic rings. The molecule has 3 aromatic heterocycles. The normalized spacial score (nSPS) is 14.3. The minimum Gasteiger partial charge on any atom is -0.461 e. The van der Waals surface area contributed by atoms with Crippen LogP contribution in [0.15, 0.2) is 51.5 Å². The third-order valence-corrected chi connectivity index (χ3v) is 8.27. The summed E-state index contributed by atoms with van der Waals surface area (Å²) in [4.78, 5) is 19.5. The van der Waals surface area contributed by atoms with Gasteiger partial charge >= 0.3 is 0 Å². The van der Waals surface area contributed by atoms with Gasteiger partial charge in [-0.1, -0.05) is 35.9 Å². The number of piperidine rings is 1. The number of hydrogen-bond acceptors (Lipinski definition) is 8. The summed E-state index contributed by atoms with van der Waals surface area (Å²) in [5.41, 5.74) is 2.37. The number of nitrogens with zero attached hydrogens (tertiary/aromatic N) is 5. The van der Waals surface area contributed by atoms with Gasteiger partial charge in [-0.05, 0) is 62.7 Å². The monoisotopic (exact) mass is 542 g/mol. The van der Waals surface area contributed by atoms with Crippen molar-refractivity contribution in [1.82, 2.24) is 30.0 Å². The van der Waals surface area contributed by atoms with E-state index in [0.29, 0.717) is 39.8 Å². The van der Waals surface area contributed by atoms with E-state index in [2.05, 4.69) is 25.4 Å². The molecule has 1 fully saturated rings. The summed E-state index contributed by atoms with van der Waals surface area (Å²) in [6.07, 6.45) is 5.41. The molecule has 0 aliphatic carbocycles. The van der Waals surface area contributed by atoms with Gasteiger partial charge in [-0.25, -0.2) is 4.98 Å². The zero-order valence-electron chi connectivity index (χ0n) is 19.9. The number of aromatic nitrogens is 4. The van der Waals surface area contributed by atoms with Gasteiger partial charge in [-0.2, -0.15) is 0 Å². The van der Waals surface area contributed by atoms with E-state index in [1.54, 1.807) is 6.26 Å². The zero-order chi connectivity index (χ0) is 24.9. The number of carbonyl (C=O) groups excluding carboxylic acids is 1. The number of amides is 1. The van der Waals surface area contributed by atoms with E-state index in [0.717, 1.165) is 35.9 Å². The third-order valence-electron chi connectivity index (χ3n) is 6.06. The summed E-state index contributed by atoms with van der Waals surface area (Å²) in [6.45, 7) is 5.78. The maximum absolute atomic E-state index is 12.6. The highest BCUT2D eigenvalue weighted by Gasteiger charge is 2.20. The highest BCUT2D eigenvalue weighted by Crippen LogP contribution is 2.32. The largest absolute Gasteiger partial charge is 0.461 e. The molecule has 0 unspecified atom stereocenters. The number of thioether (sulfide) groups is 1. The van der Waals surface area contributed by atoms with Crippen LogP contribution >= 0.6 is 34.7 Å². The van der Waals surface area contributed by atoms with Crippen LogP contribution in [0.4, 0.5) is 0 Å². The number of aryl methyl sites for hydroxylation is 1. The van der Waals surface area contributed by atoms with Crippen LogP contribution in [0.3, 0.4) is 0 Å². The average Bonchev–Trinajstić information content (AvgIpc) is 3.65. The van der Waals surface area contributed by atoms with Crippen LogP contribution in [0.5, 0.6) is 0 Å². The maximum Gasteiger partial charge on any atom is 0.270 e. The van der Waals surface area contributed by atoms with Crippen molar-refractivity contribution in [2.45, 2.75) is 37.1 Å². The molecular formula is C25H27ClN6O2S2. The molecule has 1 aliphatic heterocycles. The van der Waals surface area contributed by atoms with Crippen LogP contribution in [0, 0.1) is 6.92 Å². The van der Waals surface area contributed by atoms with Gasteiger partial charge in [0.2, 0.25) is 5.82 Å². The van der Waals surface area contributed by atoms with Crippen molar-refractivity contribution in [2.24, 2.45) is 0 Å². The molecule has 0 bridgehead atoms. The fraction of sp³-hybridized carbons (Fsp3) is 0.360. The molecule has 0 spiro atoms. The van der Waals surface area contributed by atoms with Gasteiger partial charge < -0.3 is 14.6 Å². The molecule has 8 nitrogen and oxygen atoms in total. The van der Waals surface area contributed by atoms with Gasteiger partial charge in [-0.15, -0.1) is 21.5 Å². The number of nitrogens with one attached hydrogen (secondary N) is 1. The molecule has 4 heterocycles. The average molecular weight is 543 g/mol. The van der Waals surface area contributed by atoms with E-state index in [4.69, 9.17) is 16.0 Å². The minimum absolute atomic E-state index is 0.127. The minimum atomic E-state index is -0.127. The van der Waals surface area contributed by atoms with Crippen molar-refractivity contribution in [3.8, 4) is 17.3 Å². The van der Waals surface area contributed by atoms with E-state index in [1.165, 1.54) is 42.4 Å². The predicted octanol–water partition coefficient (Wildman–Crippen LogP) is 5.45. The summed E-state index contributed by atoms with van der Waals surface area (Å²) in [7, 11) is 0. The molecule has 0 saturated carbocycles. The Bertz CT molecular complexity index is 1310. The van der Waals surface area contributed by atoms with Crippen LogP contribution in [0.1, 0.15) is 40.3 Å². The summed E-state index contributed by atoms with van der Waals surface area (Å²) < 4.78 is 7.56. The van der Waals surface area contributed by atoms with Gasteiger partial charge in [0.25, 0.3) is 5.91 Å². The second-order valence-electron chi connectivity index (χ2n) is 8.62. The second-order valence-corrected chi connectivity index (χ2v) is 10.9. The van der Waals surface area contributed by atoms with Crippen molar-refractivity contribution in [3.05, 3.63) is 63.3 Å². The first-order valence-corrected chi connectivity index (χ1v) is 14.2. The zero-order valence-corrected chi connectivity index (χ0v) is 22.3. The molecule has 1 N–H and O–H groups in total. The quantitative estimate of drug-likeness (QED) is 0.281. The van der Waals surface area contributed by atoms with Crippen molar-refractivity contribution in [3.63, 3.8) is 0 Å². The number of benzene rings is 1. The Labute approximate surface area is 223 Å². The Kier molecular flexibility index (Phi) is 8.05. The topological polar surface area (TPSA) is 89.1 Å². The molecule has 1 aromatic carbocycles. The fourth-order valence-electron chi connectivity index (χ4n) is 4.18. The number of furan rings is 1. The van der Waals surface area contributed by atoms with Crippen LogP contribution in [0.25, 0.3) is 17.3 Å². The summed E-state index contributed by atoms with van der Waals surface area (Å²) in [5.74, 6) is 1.64. The molecule has 1 amide bonds. The second kappa shape index (κ2) is 11.6. The lowest BCUT2D eigenvalue weighted by Crippen LogP contribution is -2.37. The molecule has 11 heteroatoms. The van der Waals surface area contributed by atoms with E-state index in [-0.39, 0.29) is 5.91 Å². The number of halogens is 1. The van der Waals surface area contributed by atoms with Crippen LogP contribution in [0.2, 0.25) is 5.02 Å². The Hall–Kier alpha value is -2.66. The van der Waals surface area contributed by atoms with Crippen LogP contribution in [-0.2, 0) is 5.75 Å². The van der Waals surface area contributed by atoms with E-state index >= 15 is 0 Å². The van der Waals surface area contributed by atoms with E-state index in [1.807, 2.05) is 47.2 Å². The Balaban J connectivity index is 1.27. The maximum atomic E-state index is 12.6. The number of rotatable bonds is 9. The first kappa shape index (κ1) is 25.0. The first-order valence-electron chi connectivity index (χ1n) is 11.9. The number of likely N-dealkylation sites (tertiary alicyclic amines) is 1. The SMILES string of the molecule is Cc1ccc(Cl)cc1-n1c(SCc2nc(C(=O)NCCN3CCCCC3)cs2)nnc1-c1ccco1. The fourth-order valence-corrected chi connectivity index (χ4v) is 6.08. The molecule has 188 valence electrons. The first-order chi connectivity index (χ1) is 17.6. The van der Waals surface area contributed by atoms with Gasteiger partial charge in [0.15, 0.2) is 10.9 Å². The van der Waals surface area contributed by atoms with Crippen molar-refractivity contribution in [2.75, 3.05) is 26.2 Å². The highest BCUT2D eigenvalue weighted by molar-refractivity contribution is 7.98. The lowest BCUT2D eigenvalue weighted by Gasteiger charge is -2.26. The molecule has 36 heavy (non-hydrogen) atoms. The standard InChI is InChI=1S/C25H27ClN6O2S2/c1-17-7-8-18(26)14-20(17)32-23(21-6-5-13-34-21)29-30-25(32)36-16-22-28-19(15-35-22)24(33)27-9-12-31-10-3-2-4-11-31/h5-8,13-15H,2-4,9-12,16H2,1H3,(H,27,33). The number of thiazole rings is 1. The number of hydrogen-bond donors (Lipinski definition) is 1. The Morgan fingerprint density at radius 3 is 2.89 bits per heavy atom. The molecule has 1 saturated heterocycles. The van der Waals surface area contributed by atoms with Gasteiger partial charge in [-0.3, -0.25) is 9.36 Å². The predicted molar refractivity (Wildman–Crippen MR) is 143 cm³/mol. The smallest absolute Gasteiger partial charge is 0.270 e. The molecule has 5 rings (SSSR count). The van der Waals surface area contributed by atoms with Gasteiger partial charge in [0.1, 0.15) is 10.7 Å². The third kappa shape index (κ3) is 5.83. The van der Waals surface area contributed by atoms with Crippen molar-refractivity contribution >= 4 is 40.6 Å². The summed E-state index contributed by atoms with van der Waals surface area (Å²) >= 11 is 9.29. The molecule has 4 aromatic rings. The van der Waals surface area contributed by atoms with Crippen molar-refractivity contribution < 1.29 is 9.21 Å². The van der Waals surface area contributed by atoms with Gasteiger partial charge in [0, 0.05) is 23.5 Å². The Morgan fingerprint density at radius 2 is 2.08 bits per heavy atom. The molecular weight excluding hydrogens is 516 g/mol.